The number of nitrogens with zero attached hydrogens (tertiary/aromatic N) is 2. The van der Waals surface area contributed by atoms with Crippen LogP contribution in [0.3, 0.4) is 0 Å². The zero-order chi connectivity index (χ0) is 17.8. The summed E-state index contributed by atoms with van der Waals surface area (Å²) in [5, 5.41) is 4.31. The fourth-order valence-corrected chi connectivity index (χ4v) is 1.94. The van der Waals surface area contributed by atoms with Crippen LogP contribution >= 0.6 is 0 Å². The molecule has 2 rings (SSSR count). The zero-order valence-electron chi connectivity index (χ0n) is 15.5. The molecule has 1 aromatic heterocycles. The largest absolute Gasteiger partial charge is 0.498 e. The van der Waals surface area contributed by atoms with Gasteiger partial charge in [0.05, 0.1) is 17.8 Å². The quantitative estimate of drug-likeness (QED) is 0.631. The Kier molecular flexibility index (Phi) is 6.42. The maximum Gasteiger partial charge on any atom is 0.498 e. The van der Waals surface area contributed by atoms with E-state index in [4.69, 9.17) is 9.31 Å². The minimum atomic E-state index is -0.313. The summed E-state index contributed by atoms with van der Waals surface area (Å²) >= 11 is 0. The van der Waals surface area contributed by atoms with E-state index in [1.165, 1.54) is 6.92 Å². The van der Waals surface area contributed by atoms with Crippen LogP contribution in [-0.4, -0.2) is 40.7 Å². The van der Waals surface area contributed by atoms with Gasteiger partial charge in [0, 0.05) is 30.8 Å². The first kappa shape index (κ1) is 19.7. The van der Waals surface area contributed by atoms with Crippen molar-refractivity contribution >= 4 is 18.6 Å². The molecule has 0 N–H and O–H groups in total. The van der Waals surface area contributed by atoms with Crippen LogP contribution in [0.25, 0.3) is 0 Å². The third-order valence-electron chi connectivity index (χ3n) is 4.02. The second-order valence-electron chi connectivity index (χ2n) is 6.86. The van der Waals surface area contributed by atoms with Crippen LogP contribution in [0.5, 0.6) is 0 Å². The number of carbonyl (C=O) groups is 1. The van der Waals surface area contributed by atoms with Gasteiger partial charge in [0.1, 0.15) is 0 Å². The van der Waals surface area contributed by atoms with E-state index in [0.29, 0.717) is 12.6 Å². The Morgan fingerprint density at radius 2 is 1.83 bits per heavy atom. The van der Waals surface area contributed by atoms with Gasteiger partial charge in [-0.3, -0.25) is 9.48 Å². The number of hydrogen-bond acceptors (Lipinski definition) is 5. The van der Waals surface area contributed by atoms with Crippen LogP contribution in [0.1, 0.15) is 61.4 Å². The van der Waals surface area contributed by atoms with Gasteiger partial charge in [-0.25, -0.2) is 0 Å². The normalized spacial score (nSPS) is 18.6. The number of ether oxygens (including phenoxy) is 1. The second-order valence-corrected chi connectivity index (χ2v) is 6.86. The first-order valence-electron chi connectivity index (χ1n) is 8.03. The van der Waals surface area contributed by atoms with Gasteiger partial charge < -0.3 is 14.0 Å². The van der Waals surface area contributed by atoms with Crippen molar-refractivity contribution in [2.24, 2.45) is 0 Å². The number of aromatic nitrogens is 2. The summed E-state index contributed by atoms with van der Waals surface area (Å²) in [6, 6.07) is 0.353. The van der Waals surface area contributed by atoms with Gasteiger partial charge in [-0.05, 0) is 48.5 Å². The van der Waals surface area contributed by atoms with E-state index in [-0.39, 0.29) is 24.3 Å². The van der Waals surface area contributed by atoms with E-state index >= 15 is 0 Å². The Hall–Kier alpha value is -1.34. The monoisotopic (exact) mass is 324 g/mol. The van der Waals surface area contributed by atoms with Crippen molar-refractivity contribution in [2.45, 2.75) is 72.6 Å². The summed E-state index contributed by atoms with van der Waals surface area (Å²) in [5.74, 6) is -0.211. The number of carbonyl (C=O) groups excluding carboxylic acids is 1. The highest BCUT2D eigenvalue weighted by Crippen LogP contribution is 2.36. The topological polar surface area (TPSA) is 62.6 Å². The average Bonchev–Trinajstić information content (AvgIpc) is 2.94. The predicted molar refractivity (Wildman–Crippen MR) is 90.6 cm³/mol. The predicted octanol–water partition coefficient (Wildman–Crippen LogP) is 2.33. The van der Waals surface area contributed by atoms with Crippen LogP contribution in [0.2, 0.25) is 0 Å². The van der Waals surface area contributed by atoms with E-state index in [2.05, 4.69) is 51.4 Å². The van der Waals surface area contributed by atoms with Crippen LogP contribution in [0.4, 0.5) is 0 Å². The third kappa shape index (κ3) is 5.07. The third-order valence-corrected chi connectivity index (χ3v) is 4.02. The molecular formula is C16H29BN2O4. The highest BCUT2D eigenvalue weighted by Gasteiger charge is 2.52. The van der Waals surface area contributed by atoms with Crippen molar-refractivity contribution < 1.29 is 18.8 Å². The molecule has 0 aliphatic carbocycles. The minimum Gasteiger partial charge on any atom is -0.466 e. The minimum absolute atomic E-state index is 0.211. The smallest absolute Gasteiger partial charge is 0.466 e. The average molecular weight is 324 g/mol. The lowest BCUT2D eigenvalue weighted by Gasteiger charge is -2.32. The molecule has 0 aromatic carbocycles. The molecule has 1 aliphatic rings. The number of rotatable bonds is 3. The Morgan fingerprint density at radius 3 is 2.13 bits per heavy atom. The molecule has 1 aliphatic heterocycles. The molecular weight excluding hydrogens is 295 g/mol. The van der Waals surface area contributed by atoms with Gasteiger partial charge in [0.2, 0.25) is 0 Å². The lowest BCUT2D eigenvalue weighted by Crippen LogP contribution is -2.41. The van der Waals surface area contributed by atoms with Crippen molar-refractivity contribution in [3.63, 3.8) is 0 Å². The van der Waals surface area contributed by atoms with Gasteiger partial charge in [-0.15, -0.1) is 0 Å². The Labute approximate surface area is 139 Å². The maximum atomic E-state index is 9.82. The zero-order valence-corrected chi connectivity index (χ0v) is 15.5. The Bertz CT molecular complexity index is 510. The van der Waals surface area contributed by atoms with E-state index in [1.807, 2.05) is 17.1 Å². The molecule has 0 radical (unpaired) electrons. The van der Waals surface area contributed by atoms with Gasteiger partial charge in [0.25, 0.3) is 0 Å². The molecule has 23 heavy (non-hydrogen) atoms. The molecule has 0 atom stereocenters. The Morgan fingerprint density at radius 1 is 1.30 bits per heavy atom. The molecule has 0 bridgehead atoms. The maximum absolute atomic E-state index is 9.82. The summed E-state index contributed by atoms with van der Waals surface area (Å²) in [4.78, 5) is 9.82. The molecule has 0 amide bonds. The fourth-order valence-electron chi connectivity index (χ4n) is 1.94. The summed E-state index contributed by atoms with van der Waals surface area (Å²) in [5.41, 5.74) is 0.396. The second kappa shape index (κ2) is 7.49. The van der Waals surface area contributed by atoms with Crippen LogP contribution in [-0.2, 0) is 18.8 Å². The van der Waals surface area contributed by atoms with Gasteiger partial charge in [0.15, 0.2) is 0 Å². The molecule has 0 spiro atoms. The molecule has 0 unspecified atom stereocenters. The lowest BCUT2D eigenvalue weighted by atomic mass is 9.82. The molecule has 2 heterocycles. The van der Waals surface area contributed by atoms with E-state index in [9.17, 15) is 4.79 Å². The van der Waals surface area contributed by atoms with E-state index < -0.39 is 0 Å². The van der Waals surface area contributed by atoms with Gasteiger partial charge >= 0.3 is 13.1 Å². The first-order valence-corrected chi connectivity index (χ1v) is 8.03. The summed E-state index contributed by atoms with van der Waals surface area (Å²) in [6.45, 7) is 16.1. The molecule has 0 saturated carbocycles. The first-order chi connectivity index (χ1) is 10.5. The molecule has 130 valence electrons. The van der Waals surface area contributed by atoms with Gasteiger partial charge in [-0.1, -0.05) is 0 Å². The van der Waals surface area contributed by atoms with Crippen molar-refractivity contribution in [1.82, 2.24) is 9.78 Å². The molecule has 7 heteroatoms. The molecule has 1 saturated heterocycles. The van der Waals surface area contributed by atoms with Gasteiger partial charge in [-0.2, -0.15) is 5.10 Å². The van der Waals surface area contributed by atoms with Crippen LogP contribution in [0, 0.1) is 0 Å². The van der Waals surface area contributed by atoms with E-state index in [0.717, 1.165) is 5.46 Å². The SMILES string of the molecule is CC(C)n1cc(B2OC(C)(C)C(C)(C)O2)cn1.CCOC(C)=O. The van der Waals surface area contributed by atoms with Crippen molar-refractivity contribution in [3.8, 4) is 0 Å². The fraction of sp³-hybridized carbons (Fsp3) is 0.750. The number of esters is 1. The Balaban J connectivity index is 0.000000379. The summed E-state index contributed by atoms with van der Waals surface area (Å²) < 4.78 is 18.3. The molecule has 6 nitrogen and oxygen atoms in total. The summed E-state index contributed by atoms with van der Waals surface area (Å²) in [6.07, 6.45) is 3.81. The van der Waals surface area contributed by atoms with Crippen molar-refractivity contribution in [3.05, 3.63) is 12.4 Å². The molecule has 1 aromatic rings. The van der Waals surface area contributed by atoms with E-state index in [1.54, 1.807) is 6.92 Å². The van der Waals surface area contributed by atoms with Crippen molar-refractivity contribution in [1.29, 1.82) is 0 Å². The van der Waals surface area contributed by atoms with Crippen LogP contribution in [0.15, 0.2) is 12.4 Å². The number of hydrogen-bond donors (Lipinski definition) is 0. The highest BCUT2D eigenvalue weighted by molar-refractivity contribution is 6.61. The summed E-state index contributed by atoms with van der Waals surface area (Å²) in [7, 11) is -0.313. The standard InChI is InChI=1S/C12H21BN2O2.C4H8O2/c1-9(2)15-8-10(7-14-15)13-16-11(3,4)12(5,6)17-13;1-3-6-4(2)5/h7-9H,1-6H3;3H2,1-2H3. The highest BCUT2D eigenvalue weighted by atomic mass is 16.7. The van der Waals surface area contributed by atoms with Crippen LogP contribution < -0.4 is 5.46 Å². The van der Waals surface area contributed by atoms with Crippen molar-refractivity contribution in [2.75, 3.05) is 6.61 Å². The molecule has 1 fully saturated rings. The lowest BCUT2D eigenvalue weighted by molar-refractivity contribution is -0.140.